The van der Waals surface area contributed by atoms with E-state index in [2.05, 4.69) is 50.1 Å². The summed E-state index contributed by atoms with van der Waals surface area (Å²) in [5, 5.41) is 2.34. The lowest BCUT2D eigenvalue weighted by atomic mass is 10.1. The smallest absolute Gasteiger partial charge is 0.163 e. The summed E-state index contributed by atoms with van der Waals surface area (Å²) in [6.07, 6.45) is 0. The molecule has 3 aromatic carbocycles. The normalized spacial score (nSPS) is 10.7. The van der Waals surface area contributed by atoms with E-state index in [-0.39, 0.29) is 5.78 Å². The van der Waals surface area contributed by atoms with Crippen molar-refractivity contribution in [2.24, 2.45) is 0 Å². The van der Waals surface area contributed by atoms with Gasteiger partial charge in [-0.05, 0) is 51.3 Å². The highest BCUT2D eigenvalue weighted by Crippen LogP contribution is 2.34. The first-order valence-electron chi connectivity index (χ1n) is 7.15. The minimum atomic E-state index is -0.0279. The van der Waals surface area contributed by atoms with Crippen molar-refractivity contribution < 1.29 is 9.53 Å². The van der Waals surface area contributed by atoms with E-state index < -0.39 is 0 Å². The standard InChI is InChI=1S/C19H14Br2O2/c1-12(22)17-9-15(20)10-18(21)19(17)23-11-14-7-4-6-13-5-2-3-8-16(13)14/h2-10H,11H2,1H3. The molecule has 0 unspecified atom stereocenters. The fraction of sp³-hybridized carbons (Fsp3) is 0.105. The van der Waals surface area contributed by atoms with Crippen molar-refractivity contribution in [2.45, 2.75) is 13.5 Å². The van der Waals surface area contributed by atoms with E-state index >= 15 is 0 Å². The van der Waals surface area contributed by atoms with Gasteiger partial charge in [0.1, 0.15) is 12.4 Å². The highest BCUT2D eigenvalue weighted by atomic mass is 79.9. The molecule has 0 aromatic heterocycles. The lowest BCUT2D eigenvalue weighted by Gasteiger charge is -2.14. The van der Waals surface area contributed by atoms with E-state index in [1.165, 1.54) is 5.39 Å². The van der Waals surface area contributed by atoms with Crippen LogP contribution in [0.25, 0.3) is 10.8 Å². The number of rotatable bonds is 4. The second-order valence-electron chi connectivity index (χ2n) is 5.25. The van der Waals surface area contributed by atoms with E-state index in [0.29, 0.717) is 17.9 Å². The van der Waals surface area contributed by atoms with Crippen molar-refractivity contribution in [1.82, 2.24) is 0 Å². The number of hydrogen-bond donors (Lipinski definition) is 0. The third kappa shape index (κ3) is 3.48. The Morgan fingerprint density at radius 2 is 1.78 bits per heavy atom. The van der Waals surface area contributed by atoms with E-state index in [1.807, 2.05) is 30.3 Å². The van der Waals surface area contributed by atoms with Crippen LogP contribution in [-0.4, -0.2) is 5.78 Å². The quantitative estimate of drug-likeness (QED) is 0.461. The summed E-state index contributed by atoms with van der Waals surface area (Å²) in [7, 11) is 0. The molecular weight excluding hydrogens is 420 g/mol. The SMILES string of the molecule is CC(=O)c1cc(Br)cc(Br)c1OCc1cccc2ccccc12. The number of ether oxygens (including phenoxy) is 1. The van der Waals surface area contributed by atoms with Gasteiger partial charge in [0.25, 0.3) is 0 Å². The molecule has 0 amide bonds. The molecule has 0 bridgehead atoms. The molecule has 116 valence electrons. The molecule has 0 spiro atoms. The second kappa shape index (κ2) is 6.85. The van der Waals surface area contributed by atoms with Crippen LogP contribution in [0.5, 0.6) is 5.75 Å². The molecule has 0 aliphatic carbocycles. The van der Waals surface area contributed by atoms with Gasteiger partial charge in [-0.15, -0.1) is 0 Å². The van der Waals surface area contributed by atoms with Gasteiger partial charge in [-0.2, -0.15) is 0 Å². The van der Waals surface area contributed by atoms with Gasteiger partial charge in [-0.3, -0.25) is 4.79 Å². The van der Waals surface area contributed by atoms with Crippen molar-refractivity contribution >= 4 is 48.4 Å². The minimum Gasteiger partial charge on any atom is -0.487 e. The number of carbonyl (C=O) groups is 1. The number of hydrogen-bond acceptors (Lipinski definition) is 2. The van der Waals surface area contributed by atoms with Crippen molar-refractivity contribution in [3.63, 3.8) is 0 Å². The molecule has 0 heterocycles. The first-order chi connectivity index (χ1) is 11.1. The molecular formula is C19H14Br2O2. The molecule has 2 nitrogen and oxygen atoms in total. The molecule has 0 saturated carbocycles. The first-order valence-corrected chi connectivity index (χ1v) is 8.74. The lowest BCUT2D eigenvalue weighted by molar-refractivity contribution is 0.101. The number of carbonyl (C=O) groups excluding carboxylic acids is 1. The van der Waals surface area contributed by atoms with Crippen LogP contribution in [-0.2, 0) is 6.61 Å². The molecule has 0 radical (unpaired) electrons. The van der Waals surface area contributed by atoms with Crippen molar-refractivity contribution in [2.75, 3.05) is 0 Å². The molecule has 3 aromatic rings. The van der Waals surface area contributed by atoms with Crippen LogP contribution in [0, 0.1) is 0 Å². The van der Waals surface area contributed by atoms with E-state index in [4.69, 9.17) is 4.74 Å². The number of halogens is 2. The van der Waals surface area contributed by atoms with Crippen LogP contribution >= 0.6 is 31.9 Å². The molecule has 23 heavy (non-hydrogen) atoms. The van der Waals surface area contributed by atoms with Crippen molar-refractivity contribution in [3.8, 4) is 5.75 Å². The zero-order valence-corrected chi connectivity index (χ0v) is 15.6. The van der Waals surface area contributed by atoms with Crippen LogP contribution in [0.3, 0.4) is 0 Å². The Kier molecular flexibility index (Phi) is 4.83. The third-order valence-electron chi connectivity index (χ3n) is 3.64. The van der Waals surface area contributed by atoms with Gasteiger partial charge in [0, 0.05) is 4.47 Å². The Morgan fingerprint density at radius 3 is 2.57 bits per heavy atom. The van der Waals surface area contributed by atoms with Gasteiger partial charge in [-0.25, -0.2) is 0 Å². The van der Waals surface area contributed by atoms with Gasteiger partial charge in [-0.1, -0.05) is 58.4 Å². The Balaban J connectivity index is 1.96. The second-order valence-corrected chi connectivity index (χ2v) is 7.02. The molecule has 3 rings (SSSR count). The molecule has 0 aliphatic rings. The summed E-state index contributed by atoms with van der Waals surface area (Å²) < 4.78 is 7.59. The minimum absolute atomic E-state index is 0.0279. The maximum Gasteiger partial charge on any atom is 0.163 e. The zero-order valence-electron chi connectivity index (χ0n) is 12.5. The zero-order chi connectivity index (χ0) is 16.4. The van der Waals surface area contributed by atoms with Crippen molar-refractivity contribution in [3.05, 3.63) is 74.7 Å². The molecule has 0 saturated heterocycles. The lowest BCUT2D eigenvalue weighted by Crippen LogP contribution is -2.03. The van der Waals surface area contributed by atoms with Gasteiger partial charge in [0.2, 0.25) is 0 Å². The number of ketones is 1. The predicted molar refractivity (Wildman–Crippen MR) is 100 cm³/mol. The molecule has 0 atom stereocenters. The highest BCUT2D eigenvalue weighted by molar-refractivity contribution is 9.11. The van der Waals surface area contributed by atoms with E-state index in [1.54, 1.807) is 13.0 Å². The van der Waals surface area contributed by atoms with E-state index in [9.17, 15) is 4.79 Å². The summed E-state index contributed by atoms with van der Waals surface area (Å²) in [5.74, 6) is 0.550. The topological polar surface area (TPSA) is 26.3 Å². The predicted octanol–water partition coefficient (Wildman–Crippen LogP) is 6.15. The summed E-state index contributed by atoms with van der Waals surface area (Å²) in [4.78, 5) is 11.9. The fourth-order valence-corrected chi connectivity index (χ4v) is 3.88. The third-order valence-corrected chi connectivity index (χ3v) is 4.69. The summed E-state index contributed by atoms with van der Waals surface area (Å²) in [6.45, 7) is 1.95. The van der Waals surface area contributed by atoms with Gasteiger partial charge < -0.3 is 4.74 Å². The monoisotopic (exact) mass is 432 g/mol. The molecule has 0 N–H and O–H groups in total. The first kappa shape index (κ1) is 16.2. The van der Waals surface area contributed by atoms with Crippen LogP contribution in [0.15, 0.2) is 63.5 Å². The molecule has 0 aliphatic heterocycles. The molecule has 0 fully saturated rings. The average Bonchev–Trinajstić information content (AvgIpc) is 2.53. The van der Waals surface area contributed by atoms with Crippen LogP contribution < -0.4 is 4.74 Å². The average molecular weight is 434 g/mol. The van der Waals surface area contributed by atoms with Crippen molar-refractivity contribution in [1.29, 1.82) is 0 Å². The van der Waals surface area contributed by atoms with Gasteiger partial charge in [0.15, 0.2) is 5.78 Å². The Morgan fingerprint density at radius 1 is 1.04 bits per heavy atom. The van der Waals surface area contributed by atoms with Gasteiger partial charge in [0.05, 0.1) is 10.0 Å². The summed E-state index contributed by atoms with van der Waals surface area (Å²) in [5.41, 5.74) is 1.65. The summed E-state index contributed by atoms with van der Waals surface area (Å²) in [6, 6.07) is 18.0. The maximum absolute atomic E-state index is 11.9. The summed E-state index contributed by atoms with van der Waals surface area (Å²) >= 11 is 6.89. The number of fused-ring (bicyclic) bond motifs is 1. The number of Topliss-reactive ketones (excluding diaryl/α,β-unsaturated/α-hetero) is 1. The number of benzene rings is 3. The highest BCUT2D eigenvalue weighted by Gasteiger charge is 2.14. The van der Waals surface area contributed by atoms with E-state index in [0.717, 1.165) is 19.9 Å². The Bertz CT molecular complexity index is 882. The Hall–Kier alpha value is -1.65. The largest absolute Gasteiger partial charge is 0.487 e. The molecule has 4 heteroatoms. The maximum atomic E-state index is 11.9. The Labute approximate surface area is 151 Å². The van der Waals surface area contributed by atoms with Crippen LogP contribution in [0.2, 0.25) is 0 Å². The van der Waals surface area contributed by atoms with Crippen LogP contribution in [0.4, 0.5) is 0 Å². The van der Waals surface area contributed by atoms with Gasteiger partial charge >= 0.3 is 0 Å². The fourth-order valence-electron chi connectivity index (χ4n) is 2.54. The van der Waals surface area contributed by atoms with Crippen LogP contribution in [0.1, 0.15) is 22.8 Å².